The summed E-state index contributed by atoms with van der Waals surface area (Å²) in [6, 6.07) is 28.2. The molecule has 0 aliphatic rings. The number of aromatic nitrogens is 3. The minimum absolute atomic E-state index is 0.0215. The van der Waals surface area contributed by atoms with E-state index in [0.29, 0.717) is 24.7 Å². The molecule has 7 heteroatoms. The summed E-state index contributed by atoms with van der Waals surface area (Å²) in [5.74, 6) is 1.89. The number of carbonyl (C=O) groups is 1. The maximum Gasteiger partial charge on any atom is 0.230 e. The maximum atomic E-state index is 12.5. The summed E-state index contributed by atoms with van der Waals surface area (Å²) in [5.41, 5.74) is 3.29. The number of carbonyl (C=O) groups excluding carboxylic acids is 1. The largest absolute Gasteiger partial charge is 0.494 e. The second-order valence-corrected chi connectivity index (χ2v) is 8.64. The molecule has 1 aromatic heterocycles. The van der Waals surface area contributed by atoms with Gasteiger partial charge < -0.3 is 10.1 Å². The van der Waals surface area contributed by atoms with Crippen molar-refractivity contribution in [3.8, 4) is 11.4 Å². The second kappa shape index (κ2) is 12.0. The number of nitrogens with zero attached hydrogens (tertiary/aromatic N) is 3. The van der Waals surface area contributed by atoms with Crippen LogP contribution in [-0.2, 0) is 17.6 Å². The van der Waals surface area contributed by atoms with Crippen molar-refractivity contribution in [1.82, 2.24) is 20.1 Å². The number of thioether (sulfide) groups is 1. The van der Waals surface area contributed by atoms with E-state index in [1.165, 1.54) is 17.3 Å². The third-order valence-corrected chi connectivity index (χ3v) is 6.15. The van der Waals surface area contributed by atoms with Crippen molar-refractivity contribution >= 4 is 17.7 Å². The van der Waals surface area contributed by atoms with E-state index in [0.717, 1.165) is 29.2 Å². The third kappa shape index (κ3) is 6.48. The molecule has 1 heterocycles. The maximum absolute atomic E-state index is 12.5. The molecule has 0 bridgehead atoms. The number of nitrogens with one attached hydrogen (secondary N) is 1. The predicted molar refractivity (Wildman–Crippen MR) is 136 cm³/mol. The molecular weight excluding hydrogens is 444 g/mol. The number of rotatable bonds is 11. The molecule has 174 valence electrons. The van der Waals surface area contributed by atoms with Crippen molar-refractivity contribution in [2.45, 2.75) is 24.9 Å². The summed E-state index contributed by atoms with van der Waals surface area (Å²) in [4.78, 5) is 12.5. The molecule has 0 atom stereocenters. The van der Waals surface area contributed by atoms with Gasteiger partial charge in [0, 0.05) is 18.7 Å². The first kappa shape index (κ1) is 23.6. The van der Waals surface area contributed by atoms with Crippen LogP contribution >= 0.6 is 11.8 Å². The smallest absolute Gasteiger partial charge is 0.230 e. The van der Waals surface area contributed by atoms with Gasteiger partial charge in [0.15, 0.2) is 5.16 Å². The SMILES string of the molecule is CCOc1ccc(-n2c(Cc3ccccc3)nnc2SCC(=O)NCCc2ccccc2)cc1. The van der Waals surface area contributed by atoms with E-state index < -0.39 is 0 Å². The lowest BCUT2D eigenvalue weighted by atomic mass is 10.1. The van der Waals surface area contributed by atoms with Gasteiger partial charge in [-0.3, -0.25) is 9.36 Å². The van der Waals surface area contributed by atoms with Gasteiger partial charge in [0.2, 0.25) is 5.91 Å². The monoisotopic (exact) mass is 472 g/mol. The van der Waals surface area contributed by atoms with E-state index >= 15 is 0 Å². The molecule has 1 amide bonds. The minimum atomic E-state index is -0.0215. The summed E-state index contributed by atoms with van der Waals surface area (Å²) >= 11 is 1.39. The van der Waals surface area contributed by atoms with Crippen molar-refractivity contribution < 1.29 is 9.53 Å². The van der Waals surface area contributed by atoms with Gasteiger partial charge in [-0.15, -0.1) is 10.2 Å². The summed E-state index contributed by atoms with van der Waals surface area (Å²) in [5, 5.41) is 12.6. The number of hydrogen-bond donors (Lipinski definition) is 1. The highest BCUT2D eigenvalue weighted by molar-refractivity contribution is 7.99. The molecule has 4 aromatic rings. The van der Waals surface area contributed by atoms with Crippen molar-refractivity contribution in [1.29, 1.82) is 0 Å². The first-order valence-corrected chi connectivity index (χ1v) is 12.4. The first-order chi connectivity index (χ1) is 16.7. The van der Waals surface area contributed by atoms with Crippen LogP contribution in [0.5, 0.6) is 5.75 Å². The van der Waals surface area contributed by atoms with Gasteiger partial charge in [-0.25, -0.2) is 0 Å². The number of benzene rings is 3. The average Bonchev–Trinajstić information content (AvgIpc) is 3.27. The van der Waals surface area contributed by atoms with Crippen LogP contribution in [0.1, 0.15) is 23.9 Å². The van der Waals surface area contributed by atoms with Gasteiger partial charge in [-0.05, 0) is 48.7 Å². The van der Waals surface area contributed by atoms with Crippen LogP contribution in [0.2, 0.25) is 0 Å². The molecule has 4 rings (SSSR count). The molecule has 0 spiro atoms. The quantitative estimate of drug-likeness (QED) is 0.320. The second-order valence-electron chi connectivity index (χ2n) is 7.70. The zero-order valence-electron chi connectivity index (χ0n) is 19.2. The Labute approximate surface area is 204 Å². The standard InChI is InChI=1S/C27H28N4O2S/c1-2-33-24-15-13-23(14-16-24)31-25(19-22-11-7-4-8-12-22)29-30-27(31)34-20-26(32)28-18-17-21-9-5-3-6-10-21/h3-16H,2,17-20H2,1H3,(H,28,32). The highest BCUT2D eigenvalue weighted by atomic mass is 32.2. The summed E-state index contributed by atoms with van der Waals surface area (Å²) in [7, 11) is 0. The van der Waals surface area contributed by atoms with Crippen molar-refractivity contribution in [3.63, 3.8) is 0 Å². The van der Waals surface area contributed by atoms with Gasteiger partial charge >= 0.3 is 0 Å². The average molecular weight is 473 g/mol. The number of hydrogen-bond acceptors (Lipinski definition) is 5. The highest BCUT2D eigenvalue weighted by Gasteiger charge is 2.16. The van der Waals surface area contributed by atoms with Gasteiger partial charge in [0.05, 0.1) is 12.4 Å². The Morgan fingerprint density at radius 3 is 2.26 bits per heavy atom. The highest BCUT2D eigenvalue weighted by Crippen LogP contribution is 2.25. The van der Waals surface area contributed by atoms with E-state index in [1.54, 1.807) is 0 Å². The first-order valence-electron chi connectivity index (χ1n) is 11.4. The van der Waals surface area contributed by atoms with E-state index in [-0.39, 0.29) is 11.7 Å². The zero-order valence-corrected chi connectivity index (χ0v) is 20.0. The Hall–Kier alpha value is -3.58. The third-order valence-electron chi connectivity index (χ3n) is 5.22. The number of amides is 1. The van der Waals surface area contributed by atoms with Crippen LogP contribution in [-0.4, -0.2) is 39.6 Å². The van der Waals surface area contributed by atoms with Crippen molar-refractivity contribution in [2.75, 3.05) is 18.9 Å². The Morgan fingerprint density at radius 2 is 1.59 bits per heavy atom. The molecule has 0 aliphatic carbocycles. The fourth-order valence-electron chi connectivity index (χ4n) is 3.58. The van der Waals surface area contributed by atoms with Gasteiger partial charge in [-0.1, -0.05) is 72.4 Å². The molecule has 6 nitrogen and oxygen atoms in total. The Balaban J connectivity index is 1.45. The minimum Gasteiger partial charge on any atom is -0.494 e. The van der Waals surface area contributed by atoms with Crippen molar-refractivity contribution in [3.05, 3.63) is 102 Å². The molecule has 34 heavy (non-hydrogen) atoms. The Morgan fingerprint density at radius 1 is 0.912 bits per heavy atom. The van der Waals surface area contributed by atoms with Gasteiger partial charge in [-0.2, -0.15) is 0 Å². The summed E-state index contributed by atoms with van der Waals surface area (Å²) in [6.45, 7) is 3.19. The van der Waals surface area contributed by atoms with Crippen LogP contribution in [0.3, 0.4) is 0 Å². The van der Waals surface area contributed by atoms with Gasteiger partial charge in [0.25, 0.3) is 0 Å². The molecule has 0 saturated heterocycles. The normalized spacial score (nSPS) is 10.7. The molecular formula is C27H28N4O2S. The van der Waals surface area contributed by atoms with Gasteiger partial charge in [0.1, 0.15) is 11.6 Å². The van der Waals surface area contributed by atoms with E-state index in [4.69, 9.17) is 4.74 Å². The van der Waals surface area contributed by atoms with Crippen LogP contribution in [0.25, 0.3) is 5.69 Å². The molecule has 0 radical (unpaired) electrons. The molecule has 3 aromatic carbocycles. The molecule has 0 unspecified atom stereocenters. The van der Waals surface area contributed by atoms with Crippen molar-refractivity contribution in [2.24, 2.45) is 0 Å². The van der Waals surface area contributed by atoms with Crippen LogP contribution < -0.4 is 10.1 Å². The van der Waals surface area contributed by atoms with E-state index in [2.05, 4.69) is 39.8 Å². The van der Waals surface area contributed by atoms with Crippen LogP contribution in [0.15, 0.2) is 90.1 Å². The topological polar surface area (TPSA) is 69.0 Å². The molecule has 0 saturated carbocycles. The predicted octanol–water partition coefficient (Wildman–Crippen LogP) is 4.71. The van der Waals surface area contributed by atoms with E-state index in [9.17, 15) is 4.79 Å². The number of ether oxygens (including phenoxy) is 1. The molecule has 0 aliphatic heterocycles. The lowest BCUT2D eigenvalue weighted by Gasteiger charge is -2.12. The molecule has 0 fully saturated rings. The summed E-state index contributed by atoms with van der Waals surface area (Å²) in [6.07, 6.45) is 1.45. The fourth-order valence-corrected chi connectivity index (χ4v) is 4.38. The lowest BCUT2D eigenvalue weighted by molar-refractivity contribution is -0.118. The molecule has 1 N–H and O–H groups in total. The Kier molecular flexibility index (Phi) is 8.35. The Bertz CT molecular complexity index is 1180. The fraction of sp³-hybridized carbons (Fsp3) is 0.222. The van der Waals surface area contributed by atoms with E-state index in [1.807, 2.05) is 72.2 Å². The van der Waals surface area contributed by atoms with Crippen LogP contribution in [0.4, 0.5) is 0 Å². The summed E-state index contributed by atoms with van der Waals surface area (Å²) < 4.78 is 7.60. The van der Waals surface area contributed by atoms with Crippen LogP contribution in [0, 0.1) is 0 Å². The zero-order chi connectivity index (χ0) is 23.6. The lowest BCUT2D eigenvalue weighted by Crippen LogP contribution is -2.27.